The zero-order valence-corrected chi connectivity index (χ0v) is 10.6. The highest BCUT2D eigenvalue weighted by atomic mass is 19.1. The molecule has 96 valence electrons. The fraction of sp³-hybridized carbons (Fsp3) is 0.188. The van der Waals surface area contributed by atoms with Crippen molar-refractivity contribution in [2.75, 3.05) is 0 Å². The quantitative estimate of drug-likeness (QED) is 0.604. The maximum absolute atomic E-state index is 12.9. The zero-order valence-electron chi connectivity index (χ0n) is 10.6. The molecule has 0 amide bonds. The number of rotatable bonds is 4. The lowest BCUT2D eigenvalue weighted by Crippen LogP contribution is -2.00. The first kappa shape index (κ1) is 13.2. The third-order valence-electron chi connectivity index (χ3n) is 3.01. The van der Waals surface area contributed by atoms with Gasteiger partial charge in [-0.3, -0.25) is 0 Å². The van der Waals surface area contributed by atoms with Crippen molar-refractivity contribution in [3.63, 3.8) is 0 Å². The summed E-state index contributed by atoms with van der Waals surface area (Å²) >= 11 is 0. The Balaban J connectivity index is 2.23. The van der Waals surface area contributed by atoms with E-state index in [0.29, 0.717) is 6.42 Å². The van der Waals surface area contributed by atoms with Gasteiger partial charge >= 0.3 is 0 Å². The van der Waals surface area contributed by atoms with E-state index in [-0.39, 0.29) is 11.9 Å². The van der Waals surface area contributed by atoms with Crippen LogP contribution in [0.4, 0.5) is 4.39 Å². The van der Waals surface area contributed by atoms with E-state index < -0.39 is 0 Å². The Kier molecular flexibility index (Phi) is 4.22. The number of aliphatic imine (C=N–C) groups is 1. The third kappa shape index (κ3) is 3.60. The lowest BCUT2D eigenvalue weighted by Gasteiger charge is -2.11. The minimum absolute atomic E-state index is 0.298. The monoisotopic (exact) mass is 255 g/mol. The number of hydrogen-bond acceptors (Lipinski definition) is 2. The molecule has 0 aliphatic carbocycles. The van der Waals surface area contributed by atoms with Crippen LogP contribution in [0.25, 0.3) is 0 Å². The van der Waals surface area contributed by atoms with Crippen molar-refractivity contribution in [2.45, 2.75) is 19.4 Å². The molecule has 1 unspecified atom stereocenters. The Morgan fingerprint density at radius 1 is 1.11 bits per heavy atom. The van der Waals surface area contributed by atoms with Crippen molar-refractivity contribution < 1.29 is 9.18 Å². The van der Waals surface area contributed by atoms with Gasteiger partial charge in [0.2, 0.25) is 6.08 Å². The second-order valence-corrected chi connectivity index (χ2v) is 4.48. The summed E-state index contributed by atoms with van der Waals surface area (Å²) in [5.41, 5.74) is 3.07. The molecule has 3 heteroatoms. The van der Waals surface area contributed by atoms with Gasteiger partial charge in [-0.2, -0.15) is 4.99 Å². The zero-order chi connectivity index (χ0) is 13.7. The van der Waals surface area contributed by atoms with Gasteiger partial charge in [0, 0.05) is 0 Å². The number of isocyanates is 1. The molecule has 19 heavy (non-hydrogen) atoms. The molecular weight excluding hydrogens is 241 g/mol. The molecule has 0 N–H and O–H groups in total. The van der Waals surface area contributed by atoms with Crippen LogP contribution in [0, 0.1) is 12.7 Å². The molecule has 2 nitrogen and oxygen atoms in total. The van der Waals surface area contributed by atoms with Gasteiger partial charge in [0.15, 0.2) is 0 Å². The van der Waals surface area contributed by atoms with E-state index >= 15 is 0 Å². The molecule has 2 aromatic rings. The number of carbonyl (C=O) groups excluding carboxylic acids is 1. The minimum Gasteiger partial charge on any atom is -0.211 e. The first-order chi connectivity index (χ1) is 9.19. The average molecular weight is 255 g/mol. The maximum atomic E-state index is 12.9. The predicted molar refractivity (Wildman–Crippen MR) is 72.1 cm³/mol. The highest BCUT2D eigenvalue weighted by molar-refractivity contribution is 5.36. The van der Waals surface area contributed by atoms with E-state index in [1.807, 2.05) is 31.2 Å². The second kappa shape index (κ2) is 6.07. The highest BCUT2D eigenvalue weighted by Crippen LogP contribution is 2.22. The van der Waals surface area contributed by atoms with Crippen molar-refractivity contribution >= 4 is 6.08 Å². The van der Waals surface area contributed by atoms with Crippen LogP contribution in [-0.4, -0.2) is 6.08 Å². The first-order valence-corrected chi connectivity index (χ1v) is 6.07. The van der Waals surface area contributed by atoms with Crippen molar-refractivity contribution in [1.29, 1.82) is 0 Å². The van der Waals surface area contributed by atoms with Gasteiger partial charge in [-0.15, -0.1) is 0 Å². The topological polar surface area (TPSA) is 29.4 Å². The number of halogens is 1. The summed E-state index contributed by atoms with van der Waals surface area (Å²) in [7, 11) is 0. The normalized spacial score (nSPS) is 11.7. The van der Waals surface area contributed by atoms with Crippen LogP contribution >= 0.6 is 0 Å². The molecule has 2 aromatic carbocycles. The summed E-state index contributed by atoms with van der Waals surface area (Å²) in [6.45, 7) is 2.02. The highest BCUT2D eigenvalue weighted by Gasteiger charge is 2.11. The number of benzene rings is 2. The fourth-order valence-corrected chi connectivity index (χ4v) is 1.93. The van der Waals surface area contributed by atoms with E-state index in [1.165, 1.54) is 17.7 Å². The van der Waals surface area contributed by atoms with E-state index in [4.69, 9.17) is 0 Å². The fourth-order valence-electron chi connectivity index (χ4n) is 1.93. The second-order valence-electron chi connectivity index (χ2n) is 4.48. The van der Waals surface area contributed by atoms with Crippen LogP contribution in [-0.2, 0) is 11.2 Å². The van der Waals surface area contributed by atoms with Crippen molar-refractivity contribution in [3.8, 4) is 0 Å². The lowest BCUT2D eigenvalue weighted by atomic mass is 9.99. The predicted octanol–water partition coefficient (Wildman–Crippen LogP) is 3.75. The third-order valence-corrected chi connectivity index (χ3v) is 3.01. The SMILES string of the molecule is Cc1ccc(CC(N=C=O)c2ccc(F)cc2)cc1. The van der Waals surface area contributed by atoms with Crippen LogP contribution < -0.4 is 0 Å². The number of aryl methyl sites for hydroxylation is 1. The molecule has 0 bridgehead atoms. The number of nitrogens with zero attached hydrogens (tertiary/aromatic N) is 1. The van der Waals surface area contributed by atoms with Crippen LogP contribution in [0.15, 0.2) is 53.5 Å². The van der Waals surface area contributed by atoms with Crippen molar-refractivity contribution in [2.24, 2.45) is 4.99 Å². The largest absolute Gasteiger partial charge is 0.235 e. The van der Waals surface area contributed by atoms with Gasteiger partial charge in [0.1, 0.15) is 5.82 Å². The van der Waals surface area contributed by atoms with Crippen LogP contribution in [0.3, 0.4) is 0 Å². The molecule has 0 heterocycles. The van der Waals surface area contributed by atoms with Crippen LogP contribution in [0.5, 0.6) is 0 Å². The Labute approximate surface area is 111 Å². The van der Waals surface area contributed by atoms with E-state index in [1.54, 1.807) is 18.2 Å². The average Bonchev–Trinajstić information content (AvgIpc) is 2.42. The summed E-state index contributed by atoms with van der Waals surface area (Å²) in [6.07, 6.45) is 2.19. The molecule has 2 rings (SSSR count). The van der Waals surface area contributed by atoms with Crippen LogP contribution in [0.1, 0.15) is 22.7 Å². The van der Waals surface area contributed by atoms with Gasteiger partial charge in [-0.1, -0.05) is 42.0 Å². The molecule has 0 fully saturated rings. The van der Waals surface area contributed by atoms with Crippen molar-refractivity contribution in [3.05, 3.63) is 71.0 Å². The van der Waals surface area contributed by atoms with Crippen LogP contribution in [0.2, 0.25) is 0 Å². The standard InChI is InChI=1S/C16H14FNO/c1-12-2-4-13(5-3-12)10-16(18-11-19)14-6-8-15(17)9-7-14/h2-9,16H,10H2,1H3. The number of hydrogen-bond donors (Lipinski definition) is 0. The van der Waals surface area contributed by atoms with E-state index in [9.17, 15) is 9.18 Å². The molecule has 0 aliphatic heterocycles. The summed E-state index contributed by atoms with van der Waals surface area (Å²) < 4.78 is 12.9. The van der Waals surface area contributed by atoms with E-state index in [0.717, 1.165) is 11.1 Å². The molecular formula is C16H14FNO. The van der Waals surface area contributed by atoms with Gasteiger partial charge in [-0.05, 0) is 36.6 Å². The smallest absolute Gasteiger partial charge is 0.211 e. The van der Waals surface area contributed by atoms with E-state index in [2.05, 4.69) is 4.99 Å². The molecule has 0 saturated carbocycles. The Morgan fingerprint density at radius 2 is 1.74 bits per heavy atom. The molecule has 0 spiro atoms. The molecule has 0 radical (unpaired) electrons. The molecule has 0 saturated heterocycles. The first-order valence-electron chi connectivity index (χ1n) is 6.07. The van der Waals surface area contributed by atoms with Gasteiger partial charge < -0.3 is 0 Å². The van der Waals surface area contributed by atoms with Gasteiger partial charge in [0.25, 0.3) is 0 Å². The van der Waals surface area contributed by atoms with Crippen molar-refractivity contribution in [1.82, 2.24) is 0 Å². The Bertz CT molecular complexity index is 583. The van der Waals surface area contributed by atoms with Gasteiger partial charge in [0.05, 0.1) is 6.04 Å². The summed E-state index contributed by atoms with van der Waals surface area (Å²) in [6, 6.07) is 13.8. The Morgan fingerprint density at radius 3 is 2.32 bits per heavy atom. The maximum Gasteiger partial charge on any atom is 0.235 e. The van der Waals surface area contributed by atoms with Gasteiger partial charge in [-0.25, -0.2) is 9.18 Å². The Hall–Kier alpha value is -2.25. The lowest BCUT2D eigenvalue weighted by molar-refractivity contribution is 0.557. The minimum atomic E-state index is -0.319. The molecule has 0 aliphatic rings. The summed E-state index contributed by atoms with van der Waals surface area (Å²) in [5.74, 6) is -0.298. The molecule has 0 aromatic heterocycles. The summed E-state index contributed by atoms with van der Waals surface area (Å²) in [4.78, 5) is 14.3. The molecule has 1 atom stereocenters. The summed E-state index contributed by atoms with van der Waals surface area (Å²) in [5, 5.41) is 0.